The lowest BCUT2D eigenvalue weighted by Crippen LogP contribution is -2.18. The third kappa shape index (κ3) is 5.27. The predicted octanol–water partition coefficient (Wildman–Crippen LogP) is 3.75. The van der Waals surface area contributed by atoms with Gasteiger partial charge in [0, 0.05) is 18.4 Å². The van der Waals surface area contributed by atoms with Crippen LogP contribution in [0, 0.1) is 0 Å². The number of hydrogen-bond acceptors (Lipinski definition) is 4. The van der Waals surface area contributed by atoms with Crippen molar-refractivity contribution in [3.05, 3.63) is 23.3 Å². The first-order chi connectivity index (χ1) is 10.0. The van der Waals surface area contributed by atoms with E-state index >= 15 is 0 Å². The fraction of sp³-hybridized carbons (Fsp3) is 0.562. The minimum absolute atomic E-state index is 0.156. The average molecular weight is 295 g/mol. The maximum atomic E-state index is 11.7. The third-order valence-electron chi connectivity index (χ3n) is 2.80. The van der Waals surface area contributed by atoms with Crippen LogP contribution in [0.4, 0.5) is 10.5 Å². The molecule has 1 rings (SSSR count). The summed E-state index contributed by atoms with van der Waals surface area (Å²) in [4.78, 5) is 11.7. The Labute approximate surface area is 126 Å². The fourth-order valence-corrected chi connectivity index (χ4v) is 2.04. The van der Waals surface area contributed by atoms with Crippen molar-refractivity contribution in [3.63, 3.8) is 0 Å². The third-order valence-corrected chi connectivity index (χ3v) is 2.80. The molecule has 0 aliphatic rings. The molecular weight excluding hydrogens is 270 g/mol. The van der Waals surface area contributed by atoms with Crippen molar-refractivity contribution >= 4 is 11.8 Å². The van der Waals surface area contributed by atoms with Gasteiger partial charge in [-0.1, -0.05) is 6.92 Å². The van der Waals surface area contributed by atoms with E-state index in [0.29, 0.717) is 18.9 Å². The summed E-state index contributed by atoms with van der Waals surface area (Å²) in [6, 6.07) is 3.76. The van der Waals surface area contributed by atoms with Crippen LogP contribution < -0.4 is 10.1 Å². The van der Waals surface area contributed by atoms with E-state index in [1.165, 1.54) is 0 Å². The normalized spacial score (nSPS) is 10.6. The summed E-state index contributed by atoms with van der Waals surface area (Å²) in [7, 11) is 1.63. The summed E-state index contributed by atoms with van der Waals surface area (Å²) in [6.07, 6.45) is 0.192. The van der Waals surface area contributed by atoms with Gasteiger partial charge in [0.25, 0.3) is 0 Å². The molecular formula is C16H25NO4. The molecule has 0 aliphatic heterocycles. The van der Waals surface area contributed by atoms with Crippen molar-refractivity contribution < 1.29 is 19.0 Å². The molecule has 5 heteroatoms. The Morgan fingerprint density at radius 1 is 1.24 bits per heavy atom. The number of hydrogen-bond donors (Lipinski definition) is 1. The molecule has 0 atom stereocenters. The number of carbonyl (C=O) groups excluding carboxylic acids is 1. The summed E-state index contributed by atoms with van der Waals surface area (Å²) < 4.78 is 16.0. The molecule has 0 aliphatic carbocycles. The highest BCUT2D eigenvalue weighted by molar-refractivity contribution is 5.85. The number of methoxy groups -OCH3 is 1. The van der Waals surface area contributed by atoms with E-state index in [1.807, 2.05) is 39.8 Å². The van der Waals surface area contributed by atoms with Crippen LogP contribution in [-0.2, 0) is 22.5 Å². The highest BCUT2D eigenvalue weighted by Crippen LogP contribution is 2.30. The van der Waals surface area contributed by atoms with Crippen molar-refractivity contribution in [1.29, 1.82) is 0 Å². The monoisotopic (exact) mass is 295 g/mol. The first-order valence-electron chi connectivity index (χ1n) is 7.26. The van der Waals surface area contributed by atoms with Crippen molar-refractivity contribution in [2.45, 2.75) is 46.8 Å². The van der Waals surface area contributed by atoms with Gasteiger partial charge in [0.05, 0.1) is 19.3 Å². The lowest BCUT2D eigenvalue weighted by molar-refractivity contribution is 0.130. The zero-order chi connectivity index (χ0) is 15.8. The van der Waals surface area contributed by atoms with Gasteiger partial charge in [-0.05, 0) is 44.9 Å². The molecule has 1 aromatic carbocycles. The van der Waals surface area contributed by atoms with Gasteiger partial charge in [0.15, 0.2) is 0 Å². The number of aryl methyl sites for hydroxylation is 1. The van der Waals surface area contributed by atoms with Crippen molar-refractivity contribution in [3.8, 4) is 5.75 Å². The number of amides is 1. The molecule has 0 heterocycles. The molecule has 0 fully saturated rings. The molecule has 0 spiro atoms. The quantitative estimate of drug-likeness (QED) is 0.832. The van der Waals surface area contributed by atoms with Crippen LogP contribution in [-0.4, -0.2) is 25.9 Å². The summed E-state index contributed by atoms with van der Waals surface area (Å²) >= 11 is 0. The van der Waals surface area contributed by atoms with Gasteiger partial charge in [0.2, 0.25) is 0 Å². The summed E-state index contributed by atoms with van der Waals surface area (Å²) in [5.74, 6) is 0.838. The standard InChI is InChI=1S/C16H25NO4/c1-6-12-8-14(17-16(18)21-11(3)4)9-13(10-19-5)15(12)20-7-2/h8-9,11H,6-7,10H2,1-5H3,(H,17,18). The molecule has 0 saturated carbocycles. The summed E-state index contributed by atoms with van der Waals surface area (Å²) in [6.45, 7) is 8.63. The van der Waals surface area contributed by atoms with Gasteiger partial charge in [-0.25, -0.2) is 4.79 Å². The number of anilines is 1. The highest BCUT2D eigenvalue weighted by Gasteiger charge is 2.13. The first-order valence-corrected chi connectivity index (χ1v) is 7.26. The zero-order valence-electron chi connectivity index (χ0n) is 13.5. The van der Waals surface area contributed by atoms with Gasteiger partial charge in [0.1, 0.15) is 5.75 Å². The minimum atomic E-state index is -0.459. The smallest absolute Gasteiger partial charge is 0.411 e. The van der Waals surface area contributed by atoms with Gasteiger partial charge in [-0.2, -0.15) is 0 Å². The van der Waals surface area contributed by atoms with E-state index in [2.05, 4.69) is 5.32 Å². The van der Waals surface area contributed by atoms with E-state index in [1.54, 1.807) is 7.11 Å². The Balaban J connectivity index is 3.05. The number of carbonyl (C=O) groups is 1. The van der Waals surface area contributed by atoms with Crippen molar-refractivity contribution in [2.24, 2.45) is 0 Å². The number of rotatable bonds is 7. The van der Waals surface area contributed by atoms with Crippen molar-refractivity contribution in [1.82, 2.24) is 0 Å². The molecule has 21 heavy (non-hydrogen) atoms. The molecule has 0 saturated heterocycles. The Kier molecular flexibility index (Phi) is 7.02. The van der Waals surface area contributed by atoms with E-state index in [4.69, 9.17) is 14.2 Å². The van der Waals surface area contributed by atoms with Crippen LogP contribution in [0.3, 0.4) is 0 Å². The average Bonchev–Trinajstić information content (AvgIpc) is 2.40. The van der Waals surface area contributed by atoms with Gasteiger partial charge in [-0.15, -0.1) is 0 Å². The second kappa shape index (κ2) is 8.52. The largest absolute Gasteiger partial charge is 0.493 e. The van der Waals surface area contributed by atoms with Crippen LogP contribution in [0.5, 0.6) is 5.75 Å². The predicted molar refractivity (Wildman–Crippen MR) is 82.9 cm³/mol. The molecule has 1 aromatic rings. The van der Waals surface area contributed by atoms with E-state index in [-0.39, 0.29) is 6.10 Å². The SMILES string of the molecule is CCOc1c(CC)cc(NC(=O)OC(C)C)cc1COC. The first kappa shape index (κ1) is 17.3. The topological polar surface area (TPSA) is 56.8 Å². The van der Waals surface area contributed by atoms with E-state index in [0.717, 1.165) is 23.3 Å². The molecule has 1 amide bonds. The second-order valence-corrected chi connectivity index (χ2v) is 4.92. The highest BCUT2D eigenvalue weighted by atomic mass is 16.6. The molecule has 0 unspecified atom stereocenters. The Bertz CT molecular complexity index is 472. The molecule has 0 aromatic heterocycles. The molecule has 0 radical (unpaired) electrons. The van der Waals surface area contributed by atoms with Crippen molar-refractivity contribution in [2.75, 3.05) is 19.0 Å². The molecule has 0 bridgehead atoms. The van der Waals surface area contributed by atoms with Gasteiger partial charge >= 0.3 is 6.09 Å². The zero-order valence-corrected chi connectivity index (χ0v) is 13.5. The molecule has 1 N–H and O–H groups in total. The molecule has 118 valence electrons. The summed E-state index contributed by atoms with van der Waals surface area (Å²) in [5, 5.41) is 2.74. The Morgan fingerprint density at radius 3 is 2.43 bits per heavy atom. The van der Waals surface area contributed by atoms with Crippen LogP contribution in [0.25, 0.3) is 0 Å². The van der Waals surface area contributed by atoms with E-state index in [9.17, 15) is 4.79 Å². The number of nitrogens with one attached hydrogen (secondary N) is 1. The van der Waals surface area contributed by atoms with Crippen LogP contribution in [0.15, 0.2) is 12.1 Å². The van der Waals surface area contributed by atoms with Crippen LogP contribution in [0.2, 0.25) is 0 Å². The van der Waals surface area contributed by atoms with Crippen LogP contribution in [0.1, 0.15) is 38.8 Å². The Morgan fingerprint density at radius 2 is 1.90 bits per heavy atom. The summed E-state index contributed by atoms with van der Waals surface area (Å²) in [5.41, 5.74) is 2.64. The lowest BCUT2D eigenvalue weighted by Gasteiger charge is -2.17. The van der Waals surface area contributed by atoms with E-state index < -0.39 is 6.09 Å². The second-order valence-electron chi connectivity index (χ2n) is 4.92. The maximum absolute atomic E-state index is 11.7. The molecule has 5 nitrogen and oxygen atoms in total. The van der Waals surface area contributed by atoms with Crippen LogP contribution >= 0.6 is 0 Å². The Hall–Kier alpha value is -1.75. The van der Waals surface area contributed by atoms with Gasteiger partial charge in [-0.3, -0.25) is 5.32 Å². The fourth-order valence-electron chi connectivity index (χ4n) is 2.04. The number of benzene rings is 1. The minimum Gasteiger partial charge on any atom is -0.493 e. The number of ether oxygens (including phenoxy) is 3. The lowest BCUT2D eigenvalue weighted by atomic mass is 10.1. The van der Waals surface area contributed by atoms with Gasteiger partial charge < -0.3 is 14.2 Å². The maximum Gasteiger partial charge on any atom is 0.411 e.